The molecule has 2 N–H and O–H groups in total. The number of hydrogen-bond donors (Lipinski definition) is 2. The third-order valence-electron chi connectivity index (χ3n) is 5.70. The van der Waals surface area contributed by atoms with Crippen LogP contribution in [-0.2, 0) is 11.3 Å². The molecule has 2 fully saturated rings. The van der Waals surface area contributed by atoms with Crippen LogP contribution in [0.25, 0.3) is 0 Å². The lowest BCUT2D eigenvalue weighted by molar-refractivity contribution is 0.166. The number of guanidine groups is 1. The van der Waals surface area contributed by atoms with E-state index >= 15 is 0 Å². The van der Waals surface area contributed by atoms with Crippen LogP contribution in [0.5, 0.6) is 5.75 Å². The van der Waals surface area contributed by atoms with Gasteiger partial charge in [-0.25, -0.2) is 0 Å². The SMILES string of the molecule is CN=C(NCc1ccc(C)cc1OCC1CCOC1)NCC(C1CC1)N(C)C. The molecule has 2 aliphatic rings. The van der Waals surface area contributed by atoms with Gasteiger partial charge in [-0.3, -0.25) is 4.99 Å². The highest BCUT2D eigenvalue weighted by molar-refractivity contribution is 5.79. The molecular weight excluding hydrogens is 352 g/mol. The van der Waals surface area contributed by atoms with Gasteiger partial charge in [-0.2, -0.15) is 0 Å². The van der Waals surface area contributed by atoms with Gasteiger partial charge < -0.3 is 25.0 Å². The lowest BCUT2D eigenvalue weighted by atomic mass is 10.1. The van der Waals surface area contributed by atoms with Gasteiger partial charge in [0.1, 0.15) is 5.75 Å². The minimum Gasteiger partial charge on any atom is -0.493 e. The second kappa shape index (κ2) is 10.1. The van der Waals surface area contributed by atoms with Gasteiger partial charge in [0.2, 0.25) is 0 Å². The molecule has 2 unspecified atom stereocenters. The number of nitrogens with one attached hydrogen (secondary N) is 2. The van der Waals surface area contributed by atoms with E-state index in [1.54, 1.807) is 0 Å². The quantitative estimate of drug-likeness (QED) is 0.503. The first-order valence-corrected chi connectivity index (χ1v) is 10.5. The van der Waals surface area contributed by atoms with Gasteiger partial charge in [-0.05, 0) is 57.8 Å². The molecule has 6 heteroatoms. The van der Waals surface area contributed by atoms with E-state index in [0.29, 0.717) is 18.5 Å². The molecule has 156 valence electrons. The van der Waals surface area contributed by atoms with Gasteiger partial charge in [-0.1, -0.05) is 12.1 Å². The molecule has 1 saturated heterocycles. The zero-order valence-corrected chi connectivity index (χ0v) is 17.8. The molecule has 0 spiro atoms. The van der Waals surface area contributed by atoms with E-state index in [9.17, 15) is 0 Å². The molecule has 0 bridgehead atoms. The topological polar surface area (TPSA) is 58.1 Å². The maximum Gasteiger partial charge on any atom is 0.191 e. The van der Waals surface area contributed by atoms with Crippen LogP contribution in [0.4, 0.5) is 0 Å². The fourth-order valence-corrected chi connectivity index (χ4v) is 3.72. The summed E-state index contributed by atoms with van der Waals surface area (Å²) < 4.78 is 11.6. The number of nitrogens with zero attached hydrogens (tertiary/aromatic N) is 2. The molecule has 1 aromatic rings. The van der Waals surface area contributed by atoms with E-state index < -0.39 is 0 Å². The Kier molecular flexibility index (Phi) is 7.57. The fourth-order valence-electron chi connectivity index (χ4n) is 3.72. The van der Waals surface area contributed by atoms with Crippen LogP contribution in [0, 0.1) is 18.8 Å². The van der Waals surface area contributed by atoms with Crippen LogP contribution in [0.15, 0.2) is 23.2 Å². The van der Waals surface area contributed by atoms with Gasteiger partial charge in [0.05, 0.1) is 13.2 Å². The van der Waals surface area contributed by atoms with Crippen molar-refractivity contribution in [3.63, 3.8) is 0 Å². The van der Waals surface area contributed by atoms with E-state index in [4.69, 9.17) is 9.47 Å². The second-order valence-corrected chi connectivity index (χ2v) is 8.33. The third kappa shape index (κ3) is 6.11. The number of hydrogen-bond acceptors (Lipinski definition) is 4. The molecule has 0 amide bonds. The number of aryl methyl sites for hydroxylation is 1. The molecule has 1 aliphatic heterocycles. The standard InChI is InChI=1S/C22H36N4O2/c1-16-5-6-19(21(11-16)28-15-17-9-10-27-14-17)12-24-22(23-2)25-13-20(26(3)4)18-7-8-18/h5-6,11,17-18,20H,7-10,12-15H2,1-4H3,(H2,23,24,25). The Morgan fingerprint density at radius 2 is 2.11 bits per heavy atom. The van der Waals surface area contributed by atoms with Crippen molar-refractivity contribution >= 4 is 5.96 Å². The Labute approximate surface area is 169 Å². The maximum absolute atomic E-state index is 6.15. The summed E-state index contributed by atoms with van der Waals surface area (Å²) in [6.07, 6.45) is 3.77. The normalized spacial score (nSPS) is 21.0. The first-order chi connectivity index (χ1) is 13.6. The van der Waals surface area contributed by atoms with Gasteiger partial charge in [0, 0.05) is 44.3 Å². The molecule has 2 atom stereocenters. The molecule has 3 rings (SSSR count). The van der Waals surface area contributed by atoms with E-state index in [1.807, 2.05) is 7.05 Å². The van der Waals surface area contributed by atoms with Crippen LogP contribution in [0.1, 0.15) is 30.4 Å². The number of ether oxygens (including phenoxy) is 2. The third-order valence-corrected chi connectivity index (χ3v) is 5.70. The van der Waals surface area contributed by atoms with Crippen LogP contribution in [-0.4, -0.2) is 64.4 Å². The lowest BCUT2D eigenvalue weighted by Crippen LogP contribution is -2.45. The Hall–Kier alpha value is -1.79. The zero-order chi connectivity index (χ0) is 19.9. The minimum atomic E-state index is 0.501. The van der Waals surface area contributed by atoms with Crippen molar-refractivity contribution < 1.29 is 9.47 Å². The summed E-state index contributed by atoms with van der Waals surface area (Å²) in [4.78, 5) is 6.71. The Morgan fingerprint density at radius 1 is 1.29 bits per heavy atom. The molecule has 0 aromatic heterocycles. The minimum absolute atomic E-state index is 0.501. The summed E-state index contributed by atoms with van der Waals surface area (Å²) in [6.45, 7) is 6.08. The number of rotatable bonds is 9. The summed E-state index contributed by atoms with van der Waals surface area (Å²) in [6, 6.07) is 6.96. The molecule has 1 heterocycles. The summed E-state index contributed by atoms with van der Waals surface area (Å²) >= 11 is 0. The molecule has 28 heavy (non-hydrogen) atoms. The van der Waals surface area contributed by atoms with E-state index in [1.165, 1.54) is 18.4 Å². The fraction of sp³-hybridized carbons (Fsp3) is 0.682. The highest BCUT2D eigenvalue weighted by atomic mass is 16.5. The Balaban J connectivity index is 1.53. The average Bonchev–Trinajstić information content (AvgIpc) is 3.37. The van der Waals surface area contributed by atoms with E-state index in [2.05, 4.69) is 59.7 Å². The molecule has 1 aromatic carbocycles. The van der Waals surface area contributed by atoms with Crippen molar-refractivity contribution in [2.75, 3.05) is 47.5 Å². The number of likely N-dealkylation sites (N-methyl/N-ethyl adjacent to an activating group) is 1. The van der Waals surface area contributed by atoms with Crippen molar-refractivity contribution in [3.8, 4) is 5.75 Å². The predicted octanol–water partition coefficient (Wildman–Crippen LogP) is 2.42. The lowest BCUT2D eigenvalue weighted by Gasteiger charge is -2.25. The van der Waals surface area contributed by atoms with Crippen LogP contribution < -0.4 is 15.4 Å². The van der Waals surface area contributed by atoms with Gasteiger partial charge in [-0.15, -0.1) is 0 Å². The highest BCUT2D eigenvalue weighted by Gasteiger charge is 2.32. The van der Waals surface area contributed by atoms with Crippen LogP contribution >= 0.6 is 0 Å². The second-order valence-electron chi connectivity index (χ2n) is 8.33. The smallest absolute Gasteiger partial charge is 0.191 e. The number of aliphatic imine (C=N–C) groups is 1. The van der Waals surface area contributed by atoms with Crippen molar-refractivity contribution in [1.82, 2.24) is 15.5 Å². The van der Waals surface area contributed by atoms with Crippen LogP contribution in [0.3, 0.4) is 0 Å². The first-order valence-electron chi connectivity index (χ1n) is 10.5. The van der Waals surface area contributed by atoms with Gasteiger partial charge in [0.25, 0.3) is 0 Å². The molecule has 1 aliphatic carbocycles. The van der Waals surface area contributed by atoms with Crippen LogP contribution in [0.2, 0.25) is 0 Å². The predicted molar refractivity (Wildman–Crippen MR) is 114 cm³/mol. The van der Waals surface area contributed by atoms with Gasteiger partial charge >= 0.3 is 0 Å². The first kappa shape index (κ1) is 20.9. The highest BCUT2D eigenvalue weighted by Crippen LogP contribution is 2.34. The monoisotopic (exact) mass is 388 g/mol. The van der Waals surface area contributed by atoms with E-state index in [-0.39, 0.29) is 0 Å². The van der Waals surface area contributed by atoms with Gasteiger partial charge in [0.15, 0.2) is 5.96 Å². The molecular formula is C22H36N4O2. The zero-order valence-electron chi connectivity index (χ0n) is 17.8. The Bertz CT molecular complexity index is 650. The summed E-state index contributed by atoms with van der Waals surface area (Å²) in [5.74, 6) is 3.11. The Morgan fingerprint density at radius 3 is 2.75 bits per heavy atom. The largest absolute Gasteiger partial charge is 0.493 e. The summed E-state index contributed by atoms with van der Waals surface area (Å²) in [7, 11) is 6.14. The summed E-state index contributed by atoms with van der Waals surface area (Å²) in [5.41, 5.74) is 2.36. The molecule has 1 saturated carbocycles. The van der Waals surface area contributed by atoms with Crippen molar-refractivity contribution in [2.24, 2.45) is 16.8 Å². The number of benzene rings is 1. The van der Waals surface area contributed by atoms with Crippen molar-refractivity contribution in [3.05, 3.63) is 29.3 Å². The van der Waals surface area contributed by atoms with Crippen molar-refractivity contribution in [1.29, 1.82) is 0 Å². The summed E-state index contributed by atoms with van der Waals surface area (Å²) in [5, 5.41) is 6.93. The average molecular weight is 389 g/mol. The molecule has 0 radical (unpaired) electrons. The van der Waals surface area contributed by atoms with Crippen molar-refractivity contribution in [2.45, 2.75) is 38.8 Å². The molecule has 6 nitrogen and oxygen atoms in total. The van der Waals surface area contributed by atoms with E-state index in [0.717, 1.165) is 56.0 Å². The maximum atomic E-state index is 6.15.